The number of para-hydroxylation sites is 1. The number of aryl methyl sites for hydroxylation is 1. The van der Waals surface area contributed by atoms with Crippen molar-refractivity contribution in [2.24, 2.45) is 0 Å². The van der Waals surface area contributed by atoms with Gasteiger partial charge in [0.15, 0.2) is 6.54 Å². The third-order valence-corrected chi connectivity index (χ3v) is 4.47. The Labute approximate surface area is 170 Å². The number of amides is 1. The van der Waals surface area contributed by atoms with Crippen LogP contribution in [0.4, 0.5) is 18.9 Å². The molecule has 2 aromatic carbocycles. The van der Waals surface area contributed by atoms with Gasteiger partial charge < -0.3 is 19.9 Å². The number of benzene rings is 2. The highest BCUT2D eigenvalue weighted by atomic mass is 19.4. The molecule has 158 valence electrons. The van der Waals surface area contributed by atoms with Gasteiger partial charge in [0.25, 0.3) is 5.91 Å². The Hall–Kier alpha value is -3.33. The maximum atomic E-state index is 12.8. The Bertz CT molecular complexity index is 1060. The first-order chi connectivity index (χ1) is 14.1. The number of aromatic nitrogens is 1. The number of anilines is 1. The minimum Gasteiger partial charge on any atom is -0.406 e. The molecule has 0 bridgehead atoms. The second-order valence-electron chi connectivity index (χ2n) is 7.02. The van der Waals surface area contributed by atoms with Crippen LogP contribution >= 0.6 is 0 Å². The van der Waals surface area contributed by atoms with E-state index < -0.39 is 6.36 Å². The molecule has 1 unspecified atom stereocenters. The zero-order chi connectivity index (χ0) is 21.9. The average molecular weight is 420 g/mol. The van der Waals surface area contributed by atoms with Gasteiger partial charge in [-0.05, 0) is 37.3 Å². The average Bonchev–Trinajstić information content (AvgIpc) is 2.97. The van der Waals surface area contributed by atoms with Gasteiger partial charge in [-0.25, -0.2) is 0 Å². The van der Waals surface area contributed by atoms with E-state index in [0.29, 0.717) is 16.2 Å². The maximum absolute atomic E-state index is 12.8. The number of aromatic amines is 1. The lowest BCUT2D eigenvalue weighted by Gasteiger charge is -2.14. The zero-order valence-corrected chi connectivity index (χ0v) is 16.4. The SMILES string of the molecule is Cc1[nH]c2ccccc2c1C(=O)C[NH+](C)CC(=O)Nc1ccc(OC(F)(F)F)cc1. The minimum atomic E-state index is -4.77. The van der Waals surface area contributed by atoms with Gasteiger partial charge in [0.1, 0.15) is 12.3 Å². The highest BCUT2D eigenvalue weighted by molar-refractivity contribution is 6.09. The van der Waals surface area contributed by atoms with Gasteiger partial charge >= 0.3 is 6.36 Å². The van der Waals surface area contributed by atoms with Crippen molar-refractivity contribution in [3.05, 3.63) is 59.8 Å². The van der Waals surface area contributed by atoms with Crippen molar-refractivity contribution >= 4 is 28.3 Å². The highest BCUT2D eigenvalue weighted by Gasteiger charge is 2.31. The zero-order valence-electron chi connectivity index (χ0n) is 16.4. The van der Waals surface area contributed by atoms with Crippen LogP contribution in [-0.4, -0.2) is 43.2 Å². The van der Waals surface area contributed by atoms with E-state index in [4.69, 9.17) is 0 Å². The van der Waals surface area contributed by atoms with Crippen LogP contribution in [0.2, 0.25) is 0 Å². The first-order valence-electron chi connectivity index (χ1n) is 9.20. The quantitative estimate of drug-likeness (QED) is 0.515. The lowest BCUT2D eigenvalue weighted by Crippen LogP contribution is -3.11. The number of ether oxygens (including phenoxy) is 1. The van der Waals surface area contributed by atoms with Crippen LogP contribution < -0.4 is 15.0 Å². The molecule has 0 aliphatic heterocycles. The Balaban J connectivity index is 1.56. The van der Waals surface area contributed by atoms with Crippen molar-refractivity contribution in [3.63, 3.8) is 0 Å². The molecule has 0 aliphatic carbocycles. The van der Waals surface area contributed by atoms with E-state index in [1.54, 1.807) is 7.05 Å². The number of ketones is 1. The standard InChI is InChI=1S/C21H20F3N3O3/c1-13-20(16-5-3-4-6-17(16)25-13)18(28)11-27(2)12-19(29)26-14-7-9-15(10-8-14)30-21(22,23)24/h3-10,25H,11-12H2,1-2H3,(H,26,29)/p+1. The molecule has 30 heavy (non-hydrogen) atoms. The number of H-pyrrole nitrogens is 1. The van der Waals surface area contributed by atoms with Crippen LogP contribution in [0.1, 0.15) is 16.1 Å². The van der Waals surface area contributed by atoms with Crippen molar-refractivity contribution < 1.29 is 32.4 Å². The molecule has 1 aromatic heterocycles. The van der Waals surface area contributed by atoms with Crippen LogP contribution in [-0.2, 0) is 4.79 Å². The number of fused-ring (bicyclic) bond motifs is 1. The number of rotatable bonds is 7. The number of hydrogen-bond acceptors (Lipinski definition) is 3. The molecule has 0 spiro atoms. The number of Topliss-reactive ketones (excluding diaryl/α,β-unsaturated/α-hetero) is 1. The first kappa shape index (κ1) is 21.4. The molecular formula is C21H21F3N3O3+. The summed E-state index contributed by atoms with van der Waals surface area (Å²) in [5.41, 5.74) is 2.61. The number of quaternary nitrogens is 1. The lowest BCUT2D eigenvalue weighted by atomic mass is 10.1. The number of carbonyl (C=O) groups is 2. The fourth-order valence-electron chi connectivity index (χ4n) is 3.28. The molecule has 3 aromatic rings. The van der Waals surface area contributed by atoms with Gasteiger partial charge in [0.2, 0.25) is 5.78 Å². The van der Waals surface area contributed by atoms with Gasteiger partial charge in [0, 0.05) is 22.3 Å². The summed E-state index contributed by atoms with van der Waals surface area (Å²) < 4.78 is 40.4. The summed E-state index contributed by atoms with van der Waals surface area (Å²) in [7, 11) is 1.72. The maximum Gasteiger partial charge on any atom is 0.573 e. The Kier molecular flexibility index (Phi) is 6.12. The third-order valence-electron chi connectivity index (χ3n) is 4.47. The van der Waals surface area contributed by atoms with Crippen LogP contribution in [0, 0.1) is 6.92 Å². The van der Waals surface area contributed by atoms with Crippen LogP contribution in [0.25, 0.3) is 10.9 Å². The number of hydrogen-bond donors (Lipinski definition) is 3. The number of alkyl halides is 3. The lowest BCUT2D eigenvalue weighted by molar-refractivity contribution is -0.861. The van der Waals surface area contributed by atoms with E-state index in [1.165, 1.54) is 12.1 Å². The molecule has 1 atom stereocenters. The molecule has 0 saturated heterocycles. The summed E-state index contributed by atoms with van der Waals surface area (Å²) in [4.78, 5) is 28.9. The van der Waals surface area contributed by atoms with Gasteiger partial charge in [-0.2, -0.15) is 0 Å². The van der Waals surface area contributed by atoms with Gasteiger partial charge in [-0.1, -0.05) is 18.2 Å². The fraction of sp³-hybridized carbons (Fsp3) is 0.238. The van der Waals surface area contributed by atoms with E-state index in [1.807, 2.05) is 31.2 Å². The van der Waals surface area contributed by atoms with Crippen LogP contribution in [0.5, 0.6) is 5.75 Å². The molecule has 0 saturated carbocycles. The second kappa shape index (κ2) is 8.58. The largest absolute Gasteiger partial charge is 0.573 e. The summed E-state index contributed by atoms with van der Waals surface area (Å²) in [6.07, 6.45) is -4.77. The monoisotopic (exact) mass is 420 g/mol. The van der Waals surface area contributed by atoms with E-state index in [0.717, 1.165) is 28.7 Å². The summed E-state index contributed by atoms with van der Waals surface area (Å²) in [5.74, 6) is -0.813. The molecule has 6 nitrogen and oxygen atoms in total. The topological polar surface area (TPSA) is 75.6 Å². The third kappa shape index (κ3) is 5.38. The second-order valence-corrected chi connectivity index (χ2v) is 7.02. The van der Waals surface area contributed by atoms with E-state index in [-0.39, 0.29) is 30.5 Å². The normalized spacial score (nSPS) is 12.6. The summed E-state index contributed by atoms with van der Waals surface area (Å²) in [6, 6.07) is 12.4. The Morgan fingerprint density at radius 3 is 2.40 bits per heavy atom. The number of halogens is 3. The first-order valence-corrected chi connectivity index (χ1v) is 9.20. The molecule has 3 rings (SSSR count). The fourth-order valence-corrected chi connectivity index (χ4v) is 3.28. The van der Waals surface area contributed by atoms with Crippen LogP contribution in [0.3, 0.4) is 0 Å². The van der Waals surface area contributed by atoms with E-state index in [2.05, 4.69) is 15.0 Å². The minimum absolute atomic E-state index is 0.0218. The van der Waals surface area contributed by atoms with Gasteiger partial charge in [-0.3, -0.25) is 9.59 Å². The van der Waals surface area contributed by atoms with E-state index in [9.17, 15) is 22.8 Å². The summed E-state index contributed by atoms with van der Waals surface area (Å²) >= 11 is 0. The molecule has 1 amide bonds. The van der Waals surface area contributed by atoms with Crippen molar-refractivity contribution in [1.29, 1.82) is 0 Å². The molecule has 0 radical (unpaired) electrons. The highest BCUT2D eigenvalue weighted by Crippen LogP contribution is 2.24. The van der Waals surface area contributed by atoms with Gasteiger partial charge in [0.05, 0.1) is 12.6 Å². The molecule has 9 heteroatoms. The number of likely N-dealkylation sites (N-methyl/N-ethyl adjacent to an activating group) is 1. The molecular weight excluding hydrogens is 399 g/mol. The van der Waals surface area contributed by atoms with Crippen molar-refractivity contribution in [2.75, 3.05) is 25.5 Å². The Morgan fingerprint density at radius 1 is 1.07 bits per heavy atom. The summed E-state index contributed by atoms with van der Waals surface area (Å²) in [6.45, 7) is 1.98. The van der Waals surface area contributed by atoms with Crippen molar-refractivity contribution in [3.8, 4) is 5.75 Å². The number of carbonyl (C=O) groups excluding carboxylic acids is 2. The molecule has 0 aliphatic rings. The van der Waals surface area contributed by atoms with Crippen LogP contribution in [0.15, 0.2) is 48.5 Å². The van der Waals surface area contributed by atoms with Crippen molar-refractivity contribution in [2.45, 2.75) is 13.3 Å². The smallest absolute Gasteiger partial charge is 0.406 e. The predicted octanol–water partition coefficient (Wildman–Crippen LogP) is 2.71. The molecule has 0 fully saturated rings. The summed E-state index contributed by atoms with van der Waals surface area (Å²) in [5, 5.41) is 3.44. The van der Waals surface area contributed by atoms with Gasteiger partial charge in [-0.15, -0.1) is 13.2 Å². The Morgan fingerprint density at radius 2 is 1.73 bits per heavy atom. The molecule has 1 heterocycles. The van der Waals surface area contributed by atoms with E-state index >= 15 is 0 Å². The molecule has 3 N–H and O–H groups in total. The van der Waals surface area contributed by atoms with Crippen molar-refractivity contribution in [1.82, 2.24) is 4.98 Å². The number of nitrogens with one attached hydrogen (secondary N) is 3. The predicted molar refractivity (Wildman–Crippen MR) is 106 cm³/mol.